The number of ether oxygens (including phenoxy) is 1. The van der Waals surface area contributed by atoms with Gasteiger partial charge in [-0.15, -0.1) is 6.42 Å². The molecule has 12 heavy (non-hydrogen) atoms. The third-order valence-corrected chi connectivity index (χ3v) is 1.84. The summed E-state index contributed by atoms with van der Waals surface area (Å²) in [4.78, 5) is 1.92. The first-order chi connectivity index (χ1) is 5.72. The Morgan fingerprint density at radius 2 is 2.42 bits per heavy atom. The van der Waals surface area contributed by atoms with E-state index in [-0.39, 0.29) is 6.10 Å². The van der Waals surface area contributed by atoms with E-state index in [9.17, 15) is 8.78 Å². The number of hydrogen-bond acceptors (Lipinski definition) is 2. The molecule has 1 aliphatic rings. The number of nitrogens with zero attached hydrogens (tertiary/aromatic N) is 1. The average Bonchev–Trinajstić information content (AvgIpc) is 2.36. The Morgan fingerprint density at radius 1 is 1.67 bits per heavy atom. The van der Waals surface area contributed by atoms with E-state index in [1.807, 2.05) is 4.90 Å². The first-order valence-electron chi connectivity index (χ1n) is 3.82. The van der Waals surface area contributed by atoms with Crippen molar-refractivity contribution in [2.24, 2.45) is 0 Å². The van der Waals surface area contributed by atoms with Crippen molar-refractivity contribution in [2.45, 2.75) is 19.1 Å². The van der Waals surface area contributed by atoms with Crippen LogP contribution in [0.4, 0.5) is 8.78 Å². The van der Waals surface area contributed by atoms with E-state index in [1.54, 1.807) is 0 Å². The lowest BCUT2D eigenvalue weighted by Crippen LogP contribution is -2.24. The third kappa shape index (κ3) is 2.76. The fourth-order valence-corrected chi connectivity index (χ4v) is 1.33. The maximum Gasteiger partial charge on any atom is 0.345 e. The van der Waals surface area contributed by atoms with Gasteiger partial charge in [0.25, 0.3) is 0 Å². The van der Waals surface area contributed by atoms with Gasteiger partial charge < -0.3 is 4.74 Å². The Bertz CT molecular complexity index is 178. The molecule has 0 aromatic carbocycles. The number of rotatable bonds is 3. The van der Waals surface area contributed by atoms with Crippen LogP contribution in [0.2, 0.25) is 0 Å². The van der Waals surface area contributed by atoms with Crippen LogP contribution in [-0.4, -0.2) is 37.2 Å². The Kier molecular flexibility index (Phi) is 3.45. The van der Waals surface area contributed by atoms with Crippen LogP contribution >= 0.6 is 0 Å². The van der Waals surface area contributed by atoms with Crippen LogP contribution < -0.4 is 0 Å². The summed E-state index contributed by atoms with van der Waals surface area (Å²) in [6, 6.07) is 0. The fraction of sp³-hybridized carbons (Fsp3) is 0.750. The summed E-state index contributed by atoms with van der Waals surface area (Å²) < 4.78 is 27.8. The lowest BCUT2D eigenvalue weighted by atomic mass is 10.3. The molecule has 0 aromatic heterocycles. The van der Waals surface area contributed by atoms with Crippen LogP contribution in [0.15, 0.2) is 0 Å². The van der Waals surface area contributed by atoms with Crippen LogP contribution in [-0.2, 0) is 4.74 Å². The van der Waals surface area contributed by atoms with Gasteiger partial charge in [-0.1, -0.05) is 5.92 Å². The Morgan fingerprint density at radius 3 is 3.00 bits per heavy atom. The van der Waals surface area contributed by atoms with Crippen LogP contribution in [0.3, 0.4) is 0 Å². The maximum absolute atomic E-state index is 11.7. The van der Waals surface area contributed by atoms with Crippen molar-refractivity contribution in [1.29, 1.82) is 0 Å². The monoisotopic (exact) mass is 175 g/mol. The van der Waals surface area contributed by atoms with Gasteiger partial charge in [0.2, 0.25) is 0 Å². The summed E-state index contributed by atoms with van der Waals surface area (Å²) >= 11 is 0. The molecule has 1 saturated heterocycles. The molecule has 1 aliphatic heterocycles. The van der Waals surface area contributed by atoms with Crippen molar-refractivity contribution in [2.75, 3.05) is 19.6 Å². The minimum atomic E-state index is -2.67. The minimum absolute atomic E-state index is 0.349. The summed E-state index contributed by atoms with van der Waals surface area (Å²) in [6.07, 6.45) is 5.37. The van der Waals surface area contributed by atoms with Crippen molar-refractivity contribution in [1.82, 2.24) is 4.90 Å². The Labute approximate surface area is 70.5 Å². The van der Waals surface area contributed by atoms with Crippen LogP contribution in [0.5, 0.6) is 0 Å². The van der Waals surface area contributed by atoms with Crippen molar-refractivity contribution < 1.29 is 13.5 Å². The molecular weight excluding hydrogens is 164 g/mol. The zero-order chi connectivity index (χ0) is 8.97. The molecule has 1 atom stereocenters. The normalized spacial score (nSPS) is 24.7. The van der Waals surface area contributed by atoms with Gasteiger partial charge in [-0.25, -0.2) is 0 Å². The predicted octanol–water partition coefficient (Wildman–Crippen LogP) is 0.933. The fourth-order valence-electron chi connectivity index (χ4n) is 1.33. The number of halogens is 2. The molecule has 1 fully saturated rings. The van der Waals surface area contributed by atoms with E-state index in [0.717, 1.165) is 6.54 Å². The first kappa shape index (κ1) is 9.43. The second-order valence-corrected chi connectivity index (χ2v) is 2.75. The van der Waals surface area contributed by atoms with Crippen LogP contribution in [0, 0.1) is 12.3 Å². The molecule has 1 unspecified atom stereocenters. The lowest BCUT2D eigenvalue weighted by Gasteiger charge is -2.12. The van der Waals surface area contributed by atoms with Crippen molar-refractivity contribution in [3.05, 3.63) is 0 Å². The highest BCUT2D eigenvalue weighted by Gasteiger charge is 2.24. The molecule has 0 N–H and O–H groups in total. The van der Waals surface area contributed by atoms with Gasteiger partial charge in [0.1, 0.15) is 0 Å². The van der Waals surface area contributed by atoms with E-state index in [4.69, 9.17) is 6.42 Å². The smallest absolute Gasteiger partial charge is 0.318 e. The molecule has 1 heterocycles. The summed E-state index contributed by atoms with van der Waals surface area (Å²) in [5.41, 5.74) is 0. The third-order valence-electron chi connectivity index (χ3n) is 1.84. The molecule has 0 radical (unpaired) electrons. The standard InChI is InChI=1S/C8H11F2NO/c1-2-4-11-5-3-7(6-11)12-8(9)10/h1,7-8H,3-6H2. The van der Waals surface area contributed by atoms with Gasteiger partial charge in [-0.3, -0.25) is 4.90 Å². The molecule has 1 rings (SSSR count). The number of likely N-dealkylation sites (tertiary alicyclic amines) is 1. The highest BCUT2D eigenvalue weighted by molar-refractivity contribution is 4.91. The van der Waals surface area contributed by atoms with E-state index in [2.05, 4.69) is 10.7 Å². The molecule has 4 heteroatoms. The topological polar surface area (TPSA) is 12.5 Å². The zero-order valence-corrected chi connectivity index (χ0v) is 6.67. The summed E-state index contributed by atoms with van der Waals surface area (Å²) in [5.74, 6) is 2.47. The van der Waals surface area contributed by atoms with E-state index < -0.39 is 6.61 Å². The SMILES string of the molecule is C#CCN1CCC(OC(F)F)C1. The molecule has 0 spiro atoms. The molecular formula is C8H11F2NO. The Balaban J connectivity index is 2.22. The zero-order valence-electron chi connectivity index (χ0n) is 6.67. The van der Waals surface area contributed by atoms with E-state index in [0.29, 0.717) is 19.5 Å². The van der Waals surface area contributed by atoms with Gasteiger partial charge in [-0.05, 0) is 6.42 Å². The molecule has 2 nitrogen and oxygen atoms in total. The van der Waals surface area contributed by atoms with Gasteiger partial charge in [0.15, 0.2) is 0 Å². The lowest BCUT2D eigenvalue weighted by molar-refractivity contribution is -0.158. The van der Waals surface area contributed by atoms with Gasteiger partial charge >= 0.3 is 6.61 Å². The van der Waals surface area contributed by atoms with Gasteiger partial charge in [0.05, 0.1) is 12.6 Å². The quantitative estimate of drug-likeness (QED) is 0.592. The highest BCUT2D eigenvalue weighted by atomic mass is 19.3. The van der Waals surface area contributed by atoms with Crippen molar-refractivity contribution in [3.63, 3.8) is 0 Å². The van der Waals surface area contributed by atoms with Gasteiger partial charge in [0, 0.05) is 13.1 Å². The average molecular weight is 175 g/mol. The molecule has 0 aromatic rings. The predicted molar refractivity (Wildman–Crippen MR) is 40.8 cm³/mol. The summed E-state index contributed by atoms with van der Waals surface area (Å²) in [6.45, 7) is -0.875. The highest BCUT2D eigenvalue weighted by Crippen LogP contribution is 2.14. The largest absolute Gasteiger partial charge is 0.345 e. The van der Waals surface area contributed by atoms with Gasteiger partial charge in [-0.2, -0.15) is 8.78 Å². The summed E-state index contributed by atoms with van der Waals surface area (Å²) in [5, 5.41) is 0. The molecule has 0 aliphatic carbocycles. The second kappa shape index (κ2) is 4.39. The second-order valence-electron chi connectivity index (χ2n) is 2.75. The minimum Gasteiger partial charge on any atom is -0.318 e. The number of alkyl halides is 2. The van der Waals surface area contributed by atoms with Crippen LogP contribution in [0.25, 0.3) is 0 Å². The molecule has 0 amide bonds. The van der Waals surface area contributed by atoms with E-state index >= 15 is 0 Å². The number of terminal acetylenes is 1. The molecule has 0 bridgehead atoms. The van der Waals surface area contributed by atoms with Crippen LogP contribution in [0.1, 0.15) is 6.42 Å². The Hall–Kier alpha value is -0.660. The van der Waals surface area contributed by atoms with Crippen molar-refractivity contribution in [3.8, 4) is 12.3 Å². The first-order valence-corrected chi connectivity index (χ1v) is 3.82. The molecule has 0 saturated carbocycles. The van der Waals surface area contributed by atoms with E-state index in [1.165, 1.54) is 0 Å². The summed E-state index contributed by atoms with van der Waals surface area (Å²) in [7, 11) is 0. The molecule has 68 valence electrons. The number of hydrogen-bond donors (Lipinski definition) is 0. The maximum atomic E-state index is 11.7. The van der Waals surface area contributed by atoms with Crippen molar-refractivity contribution >= 4 is 0 Å².